The number of hydrogen-bond donors (Lipinski definition) is 1. The molecule has 4 rings (SSSR count). The Balaban J connectivity index is 1.47. The smallest absolute Gasteiger partial charge is 0.318 e. The zero-order chi connectivity index (χ0) is 22.1. The van der Waals surface area contributed by atoms with Crippen molar-refractivity contribution in [2.75, 3.05) is 34.9 Å². The van der Waals surface area contributed by atoms with Crippen LogP contribution in [-0.4, -0.2) is 56.2 Å². The van der Waals surface area contributed by atoms with Crippen LogP contribution < -0.4 is 14.8 Å². The van der Waals surface area contributed by atoms with Crippen LogP contribution in [0.15, 0.2) is 48.5 Å². The maximum absolute atomic E-state index is 12.8. The Bertz CT molecular complexity index is 918. The molecule has 0 unspecified atom stereocenters. The molecular weight excluding hydrogens is 390 g/mol. The van der Waals surface area contributed by atoms with Gasteiger partial charge in [-0.2, -0.15) is 0 Å². The van der Waals surface area contributed by atoms with E-state index in [0.29, 0.717) is 6.54 Å². The average Bonchev–Trinajstić information content (AvgIpc) is 3.09. The van der Waals surface area contributed by atoms with Crippen molar-refractivity contribution in [1.82, 2.24) is 15.1 Å². The van der Waals surface area contributed by atoms with Gasteiger partial charge in [-0.05, 0) is 75.2 Å². The monoisotopic (exact) mass is 423 g/mol. The Morgan fingerprint density at radius 3 is 2.26 bits per heavy atom. The van der Waals surface area contributed by atoms with Gasteiger partial charge in [-0.3, -0.25) is 4.90 Å². The summed E-state index contributed by atoms with van der Waals surface area (Å²) in [6.45, 7) is 1.37. The van der Waals surface area contributed by atoms with Gasteiger partial charge < -0.3 is 19.7 Å². The van der Waals surface area contributed by atoms with E-state index < -0.39 is 0 Å². The lowest BCUT2D eigenvalue weighted by Crippen LogP contribution is -2.54. The molecule has 1 saturated carbocycles. The quantitative estimate of drug-likeness (QED) is 0.763. The molecule has 2 amide bonds. The molecular formula is C25H33N3O3. The van der Waals surface area contributed by atoms with Crippen LogP contribution in [0.4, 0.5) is 4.79 Å². The third-order valence-corrected chi connectivity index (χ3v) is 7.18. The van der Waals surface area contributed by atoms with Crippen molar-refractivity contribution in [3.8, 4) is 11.5 Å². The molecule has 0 bridgehead atoms. The Morgan fingerprint density at radius 2 is 1.65 bits per heavy atom. The second kappa shape index (κ2) is 8.42. The lowest BCUT2D eigenvalue weighted by molar-refractivity contribution is 0.0616. The van der Waals surface area contributed by atoms with Gasteiger partial charge in [-0.25, -0.2) is 4.79 Å². The minimum atomic E-state index is -0.151. The van der Waals surface area contributed by atoms with E-state index in [2.05, 4.69) is 42.5 Å². The predicted molar refractivity (Wildman–Crippen MR) is 121 cm³/mol. The summed E-state index contributed by atoms with van der Waals surface area (Å²) in [5.41, 5.74) is 2.20. The zero-order valence-corrected chi connectivity index (χ0v) is 19.0. The van der Waals surface area contributed by atoms with E-state index in [9.17, 15) is 4.79 Å². The summed E-state index contributed by atoms with van der Waals surface area (Å²) in [5.74, 6) is 1.72. The molecule has 0 aromatic heterocycles. The predicted octanol–water partition coefficient (Wildman–Crippen LogP) is 4.00. The Hall–Kier alpha value is -2.73. The SMILES string of the molecule is COc1ccc(CN2C[C@]3(CC[C@@](c4cccc(OC)c4)(N(C)C)CC3)NC2=O)cc1. The number of rotatable bonds is 6. The number of amides is 2. The molecule has 1 aliphatic heterocycles. The first kappa shape index (κ1) is 21.5. The largest absolute Gasteiger partial charge is 0.497 e. The molecule has 6 heteroatoms. The zero-order valence-electron chi connectivity index (χ0n) is 19.0. The van der Waals surface area contributed by atoms with E-state index in [1.165, 1.54) is 5.56 Å². The van der Waals surface area contributed by atoms with E-state index in [1.807, 2.05) is 35.2 Å². The summed E-state index contributed by atoms with van der Waals surface area (Å²) in [5, 5.41) is 3.33. The summed E-state index contributed by atoms with van der Waals surface area (Å²) in [6, 6.07) is 16.4. The Kier molecular flexibility index (Phi) is 5.84. The molecule has 2 aliphatic rings. The molecule has 0 radical (unpaired) electrons. The van der Waals surface area contributed by atoms with Crippen molar-refractivity contribution < 1.29 is 14.3 Å². The highest BCUT2D eigenvalue weighted by Gasteiger charge is 2.50. The molecule has 1 N–H and O–H groups in total. The summed E-state index contributed by atoms with van der Waals surface area (Å²) >= 11 is 0. The van der Waals surface area contributed by atoms with Crippen LogP contribution in [0.3, 0.4) is 0 Å². The van der Waals surface area contributed by atoms with Gasteiger partial charge in [0, 0.05) is 18.6 Å². The molecule has 1 spiro atoms. The number of benzene rings is 2. The fourth-order valence-corrected chi connectivity index (χ4v) is 5.19. The standard InChI is InChI=1S/C25H33N3O3/c1-27(2)25(20-6-5-7-22(16-20)31-4)14-12-24(13-15-25)18-28(23(29)26-24)17-19-8-10-21(30-3)11-9-19/h5-11,16H,12-15,17-18H2,1-4H3,(H,26,29)/t24-,25-. The Morgan fingerprint density at radius 1 is 0.968 bits per heavy atom. The molecule has 166 valence electrons. The van der Waals surface area contributed by atoms with Crippen molar-refractivity contribution in [2.45, 2.75) is 43.3 Å². The van der Waals surface area contributed by atoms with Crippen LogP contribution in [-0.2, 0) is 12.1 Å². The number of nitrogens with one attached hydrogen (secondary N) is 1. The van der Waals surface area contributed by atoms with Crippen molar-refractivity contribution in [2.24, 2.45) is 0 Å². The summed E-state index contributed by atoms with van der Waals surface area (Å²) in [7, 11) is 7.68. The van der Waals surface area contributed by atoms with Gasteiger partial charge in [0.1, 0.15) is 11.5 Å². The average molecular weight is 424 g/mol. The fourth-order valence-electron chi connectivity index (χ4n) is 5.19. The topological polar surface area (TPSA) is 54.0 Å². The molecule has 2 fully saturated rings. The molecule has 2 aromatic rings. The van der Waals surface area contributed by atoms with Gasteiger partial charge in [0.15, 0.2) is 0 Å². The fraction of sp³-hybridized carbons (Fsp3) is 0.480. The molecule has 0 atom stereocenters. The lowest BCUT2D eigenvalue weighted by Gasteiger charge is -2.48. The number of carbonyl (C=O) groups is 1. The first-order chi connectivity index (χ1) is 14.9. The lowest BCUT2D eigenvalue weighted by atomic mass is 9.69. The van der Waals surface area contributed by atoms with Gasteiger partial charge in [0.05, 0.1) is 19.8 Å². The third kappa shape index (κ3) is 4.09. The van der Waals surface area contributed by atoms with Crippen LogP contribution >= 0.6 is 0 Å². The molecule has 2 aromatic carbocycles. The number of urea groups is 1. The highest BCUT2D eigenvalue weighted by molar-refractivity contribution is 5.78. The second-order valence-corrected chi connectivity index (χ2v) is 9.07. The number of ether oxygens (including phenoxy) is 2. The normalized spacial score (nSPS) is 25.7. The van der Waals surface area contributed by atoms with Crippen LogP contribution in [0.25, 0.3) is 0 Å². The Labute approximate surface area is 185 Å². The van der Waals surface area contributed by atoms with Gasteiger partial charge in [0.2, 0.25) is 0 Å². The minimum Gasteiger partial charge on any atom is -0.497 e. The van der Waals surface area contributed by atoms with E-state index in [0.717, 1.165) is 49.3 Å². The van der Waals surface area contributed by atoms with Crippen molar-refractivity contribution in [1.29, 1.82) is 0 Å². The van der Waals surface area contributed by atoms with Crippen molar-refractivity contribution in [3.63, 3.8) is 0 Å². The van der Waals surface area contributed by atoms with E-state index in [4.69, 9.17) is 9.47 Å². The summed E-state index contributed by atoms with van der Waals surface area (Å²) in [4.78, 5) is 17.1. The van der Waals surface area contributed by atoms with Gasteiger partial charge in [-0.1, -0.05) is 24.3 Å². The third-order valence-electron chi connectivity index (χ3n) is 7.18. The first-order valence-electron chi connectivity index (χ1n) is 10.9. The number of carbonyl (C=O) groups excluding carboxylic acids is 1. The number of nitrogens with zero attached hydrogens (tertiary/aromatic N) is 2. The summed E-state index contributed by atoms with van der Waals surface area (Å²) < 4.78 is 10.7. The first-order valence-corrected chi connectivity index (χ1v) is 10.9. The second-order valence-electron chi connectivity index (χ2n) is 9.07. The van der Waals surface area contributed by atoms with Crippen LogP contribution in [0, 0.1) is 0 Å². The molecule has 1 heterocycles. The summed E-state index contributed by atoms with van der Waals surface area (Å²) in [6.07, 6.45) is 3.88. The van der Waals surface area contributed by atoms with Gasteiger partial charge in [-0.15, -0.1) is 0 Å². The molecule has 1 saturated heterocycles. The van der Waals surface area contributed by atoms with Crippen LogP contribution in [0.2, 0.25) is 0 Å². The maximum atomic E-state index is 12.8. The van der Waals surface area contributed by atoms with Crippen molar-refractivity contribution >= 4 is 6.03 Å². The molecule has 31 heavy (non-hydrogen) atoms. The van der Waals surface area contributed by atoms with Crippen molar-refractivity contribution in [3.05, 3.63) is 59.7 Å². The minimum absolute atomic E-state index is 0.0366. The molecule has 6 nitrogen and oxygen atoms in total. The van der Waals surface area contributed by atoms with Gasteiger partial charge in [0.25, 0.3) is 0 Å². The molecule has 1 aliphatic carbocycles. The van der Waals surface area contributed by atoms with E-state index in [-0.39, 0.29) is 17.1 Å². The van der Waals surface area contributed by atoms with Crippen LogP contribution in [0.5, 0.6) is 11.5 Å². The van der Waals surface area contributed by atoms with Crippen LogP contribution in [0.1, 0.15) is 36.8 Å². The number of hydrogen-bond acceptors (Lipinski definition) is 4. The van der Waals surface area contributed by atoms with Gasteiger partial charge >= 0.3 is 6.03 Å². The van der Waals surface area contributed by atoms with E-state index >= 15 is 0 Å². The number of methoxy groups -OCH3 is 2. The highest BCUT2D eigenvalue weighted by Crippen LogP contribution is 2.46. The maximum Gasteiger partial charge on any atom is 0.318 e. The van der Waals surface area contributed by atoms with E-state index in [1.54, 1.807) is 14.2 Å². The highest BCUT2D eigenvalue weighted by atomic mass is 16.5.